The number of nitrogens with one attached hydrogen (secondary N) is 1. The Labute approximate surface area is 247 Å². The standard InChI is InChI=1S/C32H33FN4O6/c1-30(2,40)43-15-21-13-20(12-19-6-5-11-35-25(19)21)28(38)36-16-32(4,41)24-14-23-27(42-17-31(23,3)29(34)39)26(37-24)18-7-9-22(33)10-8-18/h5-14,40-41H,15-17H2,1-4H3,(H2,34,39)(H,36,38)/t31-,32-/m0/s1. The van der Waals surface area contributed by atoms with Gasteiger partial charge in [-0.3, -0.25) is 14.6 Å². The molecule has 0 radical (unpaired) electrons. The van der Waals surface area contributed by atoms with E-state index in [1.807, 2.05) is 6.07 Å². The number of pyridine rings is 2. The number of carbonyl (C=O) groups excluding carboxylic acids is 2. The summed E-state index contributed by atoms with van der Waals surface area (Å²) in [5, 5.41) is 25.1. The molecule has 2 atom stereocenters. The molecule has 0 aliphatic carbocycles. The number of carbonyl (C=O) groups is 2. The molecular weight excluding hydrogens is 555 g/mol. The maximum absolute atomic E-state index is 13.7. The van der Waals surface area contributed by atoms with E-state index in [0.29, 0.717) is 44.6 Å². The van der Waals surface area contributed by atoms with Gasteiger partial charge in [-0.15, -0.1) is 0 Å². The highest BCUT2D eigenvalue weighted by Gasteiger charge is 2.45. The van der Waals surface area contributed by atoms with Gasteiger partial charge in [-0.1, -0.05) is 6.07 Å². The molecule has 224 valence electrons. The van der Waals surface area contributed by atoms with Gasteiger partial charge in [0.15, 0.2) is 5.79 Å². The van der Waals surface area contributed by atoms with Crippen LogP contribution in [0.5, 0.6) is 5.75 Å². The van der Waals surface area contributed by atoms with Crippen molar-refractivity contribution in [2.24, 2.45) is 5.73 Å². The van der Waals surface area contributed by atoms with Crippen molar-refractivity contribution in [3.05, 3.63) is 89.0 Å². The number of benzene rings is 2. The summed E-state index contributed by atoms with van der Waals surface area (Å²) in [6.07, 6.45) is 1.63. The van der Waals surface area contributed by atoms with E-state index in [9.17, 15) is 24.2 Å². The molecule has 3 heterocycles. The Hall–Kier alpha value is -4.45. The van der Waals surface area contributed by atoms with Crippen LogP contribution in [0.4, 0.5) is 4.39 Å². The first-order valence-electron chi connectivity index (χ1n) is 13.7. The molecule has 5 N–H and O–H groups in total. The van der Waals surface area contributed by atoms with Gasteiger partial charge >= 0.3 is 0 Å². The molecular formula is C32H33FN4O6. The number of nitrogens with two attached hydrogens (primary N) is 1. The van der Waals surface area contributed by atoms with Crippen LogP contribution in [-0.2, 0) is 27.2 Å². The number of aromatic nitrogens is 2. The first-order valence-corrected chi connectivity index (χ1v) is 13.7. The van der Waals surface area contributed by atoms with E-state index < -0.39 is 34.4 Å². The largest absolute Gasteiger partial charge is 0.489 e. The van der Waals surface area contributed by atoms with Gasteiger partial charge in [0.2, 0.25) is 5.91 Å². The van der Waals surface area contributed by atoms with Crippen molar-refractivity contribution in [3.8, 4) is 17.0 Å². The Morgan fingerprint density at radius 2 is 1.86 bits per heavy atom. The van der Waals surface area contributed by atoms with Crippen LogP contribution in [0.2, 0.25) is 0 Å². The van der Waals surface area contributed by atoms with Gasteiger partial charge in [-0.25, -0.2) is 9.37 Å². The van der Waals surface area contributed by atoms with Crippen LogP contribution in [0.1, 0.15) is 54.9 Å². The SMILES string of the molecule is CC(C)(O)OCc1cc(C(=O)NC[C@](C)(O)c2cc3c(c(-c4ccc(F)cc4)n2)OC[C@]3(C)C(N)=O)cc2cccnc12. The molecule has 5 rings (SSSR count). The Morgan fingerprint density at radius 3 is 2.53 bits per heavy atom. The average Bonchev–Trinajstić information content (AvgIpc) is 3.32. The van der Waals surface area contributed by atoms with Crippen molar-refractivity contribution < 1.29 is 33.7 Å². The number of primary amides is 1. The van der Waals surface area contributed by atoms with E-state index in [4.69, 9.17) is 15.2 Å². The molecule has 2 amide bonds. The normalized spacial score (nSPS) is 17.7. The molecule has 0 unspecified atom stereocenters. The third kappa shape index (κ3) is 6.05. The number of rotatable bonds is 9. The fraction of sp³-hybridized carbons (Fsp3) is 0.312. The molecule has 0 saturated carbocycles. The van der Waals surface area contributed by atoms with Crippen LogP contribution in [0.15, 0.2) is 60.8 Å². The molecule has 0 fully saturated rings. The van der Waals surface area contributed by atoms with Gasteiger partial charge in [0, 0.05) is 33.8 Å². The molecule has 0 saturated heterocycles. The number of fused-ring (bicyclic) bond motifs is 2. The number of aliphatic hydroxyl groups is 2. The third-order valence-electron chi connectivity index (χ3n) is 7.51. The number of ether oxygens (including phenoxy) is 2. The van der Waals surface area contributed by atoms with Gasteiger partial charge < -0.3 is 30.7 Å². The fourth-order valence-corrected chi connectivity index (χ4v) is 4.87. The number of nitrogens with zero attached hydrogens (tertiary/aromatic N) is 2. The molecule has 1 aliphatic heterocycles. The van der Waals surface area contributed by atoms with Gasteiger partial charge in [0.25, 0.3) is 5.91 Å². The Morgan fingerprint density at radius 1 is 1.14 bits per heavy atom. The highest BCUT2D eigenvalue weighted by molar-refractivity contribution is 5.99. The van der Waals surface area contributed by atoms with E-state index in [-0.39, 0.29) is 25.5 Å². The predicted molar refractivity (Wildman–Crippen MR) is 156 cm³/mol. The number of amides is 2. The lowest BCUT2D eigenvalue weighted by Gasteiger charge is -2.26. The fourth-order valence-electron chi connectivity index (χ4n) is 4.87. The van der Waals surface area contributed by atoms with E-state index in [2.05, 4.69) is 15.3 Å². The summed E-state index contributed by atoms with van der Waals surface area (Å²) in [5.41, 5.74) is 5.80. The smallest absolute Gasteiger partial charge is 0.251 e. The van der Waals surface area contributed by atoms with E-state index in [1.165, 1.54) is 45.0 Å². The lowest BCUT2D eigenvalue weighted by atomic mass is 9.82. The molecule has 2 aromatic heterocycles. The van der Waals surface area contributed by atoms with Gasteiger partial charge in [-0.05, 0) is 76.2 Å². The minimum atomic E-state index is -1.70. The lowest BCUT2D eigenvalue weighted by Crippen LogP contribution is -2.41. The Bertz CT molecular complexity index is 1720. The Balaban J connectivity index is 1.47. The summed E-state index contributed by atoms with van der Waals surface area (Å²) in [6, 6.07) is 14.0. The summed E-state index contributed by atoms with van der Waals surface area (Å²) < 4.78 is 25.1. The number of halogens is 1. The molecule has 0 bridgehead atoms. The van der Waals surface area contributed by atoms with Crippen molar-refractivity contribution in [1.82, 2.24) is 15.3 Å². The number of hydrogen-bond donors (Lipinski definition) is 4. The molecule has 11 heteroatoms. The highest BCUT2D eigenvalue weighted by atomic mass is 19.1. The minimum absolute atomic E-state index is 0.0156. The van der Waals surface area contributed by atoms with Crippen molar-refractivity contribution >= 4 is 22.7 Å². The summed E-state index contributed by atoms with van der Waals surface area (Å²) in [5.74, 6) is -2.59. The molecule has 4 aromatic rings. The third-order valence-corrected chi connectivity index (χ3v) is 7.51. The van der Waals surface area contributed by atoms with Gasteiger partial charge in [0.05, 0.1) is 24.4 Å². The predicted octanol–water partition coefficient (Wildman–Crippen LogP) is 3.45. The second-order valence-electron chi connectivity index (χ2n) is 11.6. The monoisotopic (exact) mass is 588 g/mol. The minimum Gasteiger partial charge on any atom is -0.489 e. The molecule has 0 spiro atoms. The first-order chi connectivity index (χ1) is 20.2. The van der Waals surface area contributed by atoms with Crippen LogP contribution in [0.25, 0.3) is 22.2 Å². The molecule has 43 heavy (non-hydrogen) atoms. The van der Waals surface area contributed by atoms with Crippen molar-refractivity contribution in [2.45, 2.75) is 51.1 Å². The average molecular weight is 589 g/mol. The second-order valence-corrected chi connectivity index (χ2v) is 11.6. The van der Waals surface area contributed by atoms with E-state index in [1.54, 1.807) is 37.4 Å². The number of hydrogen-bond acceptors (Lipinski definition) is 8. The molecule has 10 nitrogen and oxygen atoms in total. The van der Waals surface area contributed by atoms with Crippen LogP contribution in [-0.4, -0.2) is 50.9 Å². The zero-order valence-corrected chi connectivity index (χ0v) is 24.3. The maximum atomic E-state index is 13.7. The molecule has 1 aliphatic rings. The first kappa shape index (κ1) is 30.0. The van der Waals surface area contributed by atoms with Crippen molar-refractivity contribution in [1.29, 1.82) is 0 Å². The van der Waals surface area contributed by atoms with Crippen LogP contribution in [0.3, 0.4) is 0 Å². The summed E-state index contributed by atoms with van der Waals surface area (Å²) in [4.78, 5) is 34.8. The van der Waals surface area contributed by atoms with Crippen LogP contribution >= 0.6 is 0 Å². The molecule has 2 aromatic carbocycles. The highest BCUT2D eigenvalue weighted by Crippen LogP contribution is 2.45. The lowest BCUT2D eigenvalue weighted by molar-refractivity contribution is -0.183. The second kappa shape index (κ2) is 11.0. The van der Waals surface area contributed by atoms with E-state index in [0.717, 1.165) is 0 Å². The topological polar surface area (TPSA) is 157 Å². The zero-order chi connectivity index (χ0) is 31.2. The van der Waals surface area contributed by atoms with Gasteiger partial charge in [-0.2, -0.15) is 0 Å². The zero-order valence-electron chi connectivity index (χ0n) is 24.3. The van der Waals surface area contributed by atoms with Crippen molar-refractivity contribution in [3.63, 3.8) is 0 Å². The summed E-state index contributed by atoms with van der Waals surface area (Å²) >= 11 is 0. The maximum Gasteiger partial charge on any atom is 0.251 e. The quantitative estimate of drug-likeness (QED) is 0.217. The van der Waals surface area contributed by atoms with Crippen molar-refractivity contribution in [2.75, 3.05) is 13.2 Å². The Kier molecular flexibility index (Phi) is 7.68. The summed E-state index contributed by atoms with van der Waals surface area (Å²) in [7, 11) is 0. The summed E-state index contributed by atoms with van der Waals surface area (Å²) in [6.45, 7) is 5.90. The van der Waals surface area contributed by atoms with E-state index >= 15 is 0 Å². The van der Waals surface area contributed by atoms with Crippen LogP contribution < -0.4 is 15.8 Å². The van der Waals surface area contributed by atoms with Gasteiger partial charge in [0.1, 0.15) is 34.9 Å². The van der Waals surface area contributed by atoms with Crippen LogP contribution in [0, 0.1) is 5.82 Å².